The molecule has 2 unspecified atom stereocenters. The number of hydrogen-bond acceptors (Lipinski definition) is 4. The Kier molecular flexibility index (Phi) is 9.06. The number of halogens is 7. The van der Waals surface area contributed by atoms with Gasteiger partial charge in [0, 0.05) is 31.4 Å². The number of likely N-dealkylation sites (N-methyl/N-ethyl adjacent to an activating group) is 1. The van der Waals surface area contributed by atoms with E-state index >= 15 is 0 Å². The van der Waals surface area contributed by atoms with Crippen molar-refractivity contribution in [3.63, 3.8) is 0 Å². The highest BCUT2D eigenvalue weighted by molar-refractivity contribution is 7.88. The summed E-state index contributed by atoms with van der Waals surface area (Å²) in [6, 6.07) is 4.37. The van der Waals surface area contributed by atoms with Crippen LogP contribution in [0.4, 0.5) is 30.7 Å². The maximum absolute atomic E-state index is 14.0. The molecule has 0 radical (unpaired) electrons. The van der Waals surface area contributed by atoms with E-state index < -0.39 is 62.2 Å². The van der Waals surface area contributed by atoms with Gasteiger partial charge in [-0.25, -0.2) is 12.8 Å². The molecule has 2 aromatic carbocycles. The van der Waals surface area contributed by atoms with Gasteiger partial charge in [0.1, 0.15) is 5.82 Å². The lowest BCUT2D eigenvalue weighted by Crippen LogP contribution is -2.49. The fourth-order valence-electron chi connectivity index (χ4n) is 5.54. The van der Waals surface area contributed by atoms with Crippen LogP contribution < -0.4 is 0 Å². The Labute approximate surface area is 257 Å². The van der Waals surface area contributed by atoms with E-state index in [0.717, 1.165) is 6.26 Å². The van der Waals surface area contributed by atoms with Crippen molar-refractivity contribution < 1.29 is 43.9 Å². The van der Waals surface area contributed by atoms with Crippen molar-refractivity contribution in [1.82, 2.24) is 9.21 Å². The van der Waals surface area contributed by atoms with Gasteiger partial charge in [-0.2, -0.15) is 26.3 Å². The van der Waals surface area contributed by atoms with Crippen molar-refractivity contribution in [1.29, 1.82) is 0 Å². The average Bonchev–Trinajstić information content (AvgIpc) is 2.94. The lowest BCUT2D eigenvalue weighted by molar-refractivity contribution is -0.144. The van der Waals surface area contributed by atoms with E-state index in [2.05, 4.69) is 4.99 Å². The number of benzene rings is 2. The normalized spacial score (nSPS) is 19.7. The van der Waals surface area contributed by atoms with Crippen LogP contribution in [0.2, 0.25) is 0 Å². The smallest absolute Gasteiger partial charge is 0.336 e. The van der Waals surface area contributed by atoms with Gasteiger partial charge in [0.2, 0.25) is 15.9 Å². The average molecular weight is 660 g/mol. The van der Waals surface area contributed by atoms with Crippen LogP contribution in [-0.4, -0.2) is 61.7 Å². The van der Waals surface area contributed by atoms with Crippen LogP contribution in [0.25, 0.3) is 5.57 Å². The summed E-state index contributed by atoms with van der Waals surface area (Å²) >= 11 is 0. The Morgan fingerprint density at radius 2 is 1.56 bits per heavy atom. The third-order valence-corrected chi connectivity index (χ3v) is 9.35. The van der Waals surface area contributed by atoms with Crippen LogP contribution in [0, 0.1) is 18.7 Å². The zero-order valence-corrected chi connectivity index (χ0v) is 25.9. The zero-order valence-electron chi connectivity index (χ0n) is 25.1. The summed E-state index contributed by atoms with van der Waals surface area (Å²) in [5.74, 6) is -1.53. The first-order valence-electron chi connectivity index (χ1n) is 13.9. The number of aryl methyl sites for hydroxylation is 1. The van der Waals surface area contributed by atoms with Gasteiger partial charge in [0.25, 0.3) is 0 Å². The number of dihydropyridines is 1. The van der Waals surface area contributed by atoms with Crippen LogP contribution in [0.5, 0.6) is 0 Å². The summed E-state index contributed by atoms with van der Waals surface area (Å²) in [6.07, 6.45) is -3.79. The lowest BCUT2D eigenvalue weighted by atomic mass is 9.80. The topological polar surface area (TPSA) is 70.1 Å². The Bertz CT molecular complexity index is 1660. The van der Waals surface area contributed by atoms with Crippen LogP contribution in [0.15, 0.2) is 59.7 Å². The summed E-state index contributed by atoms with van der Waals surface area (Å²) < 4.78 is 121. The fraction of sp³-hybridized carbons (Fsp3) is 0.419. The quantitative estimate of drug-likeness (QED) is 0.328. The maximum Gasteiger partial charge on any atom is 0.416 e. The SMILES string of the molecule is Cc1cc(F)ccc1C1=CC(C2C=CN(S(C)(=O)=O)CC2)=NCC1N(C)C(=O)C(C)(C)c1cc(C(F)(F)F)cc(C(F)(F)F)c1. The third kappa shape index (κ3) is 7.26. The Hall–Kier alpha value is -3.68. The molecule has 0 fully saturated rings. The van der Waals surface area contributed by atoms with E-state index in [-0.39, 0.29) is 25.1 Å². The summed E-state index contributed by atoms with van der Waals surface area (Å²) in [4.78, 5) is 19.9. The van der Waals surface area contributed by atoms with E-state index in [0.29, 0.717) is 41.0 Å². The number of rotatable bonds is 6. The molecular formula is C31H32F7N3O3S. The first-order valence-corrected chi connectivity index (χ1v) is 15.7. The van der Waals surface area contributed by atoms with Gasteiger partial charge in [0.15, 0.2) is 0 Å². The number of nitrogens with zero attached hydrogens (tertiary/aromatic N) is 3. The van der Waals surface area contributed by atoms with Gasteiger partial charge < -0.3 is 4.90 Å². The minimum atomic E-state index is -5.09. The molecule has 1 amide bonds. The molecule has 0 spiro atoms. The maximum atomic E-state index is 14.0. The van der Waals surface area contributed by atoms with Crippen molar-refractivity contribution in [2.24, 2.45) is 10.9 Å². The molecule has 2 aliphatic heterocycles. The van der Waals surface area contributed by atoms with E-state index in [4.69, 9.17) is 0 Å². The minimum Gasteiger partial charge on any atom is -0.336 e. The van der Waals surface area contributed by atoms with E-state index in [1.165, 1.54) is 54.5 Å². The van der Waals surface area contributed by atoms with Gasteiger partial charge in [0.05, 0.1) is 35.4 Å². The lowest BCUT2D eigenvalue weighted by Gasteiger charge is -2.38. The molecule has 0 aliphatic carbocycles. The standard InChI is InChI=1S/C31H32F7N3O3S/c1-18-12-23(32)6-7-24(18)25-16-26(19-8-10-41(11-9-19)45(5,43)44)39-17-27(25)40(4)28(42)29(2,3)20-13-21(30(33,34)35)15-22(14-20)31(36,37)38/h6-8,10,12-16,19,27H,9,11,17H2,1-5H3. The summed E-state index contributed by atoms with van der Waals surface area (Å²) in [5, 5.41) is 0. The number of hydrogen-bond donors (Lipinski definition) is 0. The molecule has 244 valence electrons. The second kappa shape index (κ2) is 11.9. The molecule has 4 rings (SSSR count). The second-order valence-corrected chi connectivity index (χ2v) is 13.7. The van der Waals surface area contributed by atoms with Crippen LogP contribution >= 0.6 is 0 Å². The summed E-state index contributed by atoms with van der Waals surface area (Å²) in [5.41, 5.74) is -3.12. The largest absolute Gasteiger partial charge is 0.416 e. The van der Waals surface area contributed by atoms with Crippen molar-refractivity contribution >= 4 is 27.2 Å². The minimum absolute atomic E-state index is 0.00712. The molecule has 14 heteroatoms. The van der Waals surface area contributed by atoms with Crippen molar-refractivity contribution in [3.05, 3.63) is 88.4 Å². The number of allylic oxidation sites excluding steroid dienone is 2. The highest BCUT2D eigenvalue weighted by Gasteiger charge is 2.42. The summed E-state index contributed by atoms with van der Waals surface area (Å²) in [7, 11) is -2.05. The van der Waals surface area contributed by atoms with Gasteiger partial charge in [-0.05, 0) is 85.9 Å². The molecular weight excluding hydrogens is 627 g/mol. The summed E-state index contributed by atoms with van der Waals surface area (Å²) in [6.45, 7) is 4.38. The molecule has 2 heterocycles. The Balaban J connectivity index is 1.74. The van der Waals surface area contributed by atoms with E-state index in [1.54, 1.807) is 19.1 Å². The van der Waals surface area contributed by atoms with Crippen molar-refractivity contribution in [3.8, 4) is 0 Å². The number of carbonyl (C=O) groups excluding carboxylic acids is 1. The predicted molar refractivity (Wildman–Crippen MR) is 156 cm³/mol. The first-order chi connectivity index (χ1) is 20.6. The molecule has 0 aromatic heterocycles. The number of alkyl halides is 6. The molecule has 0 saturated carbocycles. The number of carbonyl (C=O) groups is 1. The van der Waals surface area contributed by atoms with E-state index in [1.807, 2.05) is 0 Å². The molecule has 45 heavy (non-hydrogen) atoms. The van der Waals surface area contributed by atoms with Crippen LogP contribution in [-0.2, 0) is 32.6 Å². The number of sulfonamides is 1. The van der Waals surface area contributed by atoms with Gasteiger partial charge in [-0.3, -0.25) is 14.1 Å². The highest BCUT2D eigenvalue weighted by atomic mass is 32.2. The van der Waals surface area contributed by atoms with Crippen LogP contribution in [0.1, 0.15) is 48.1 Å². The highest BCUT2D eigenvalue weighted by Crippen LogP contribution is 2.40. The molecule has 2 aromatic rings. The van der Waals surface area contributed by atoms with Crippen molar-refractivity contribution in [2.45, 2.75) is 51.0 Å². The molecule has 0 N–H and O–H groups in total. The molecule has 0 bridgehead atoms. The third-order valence-electron chi connectivity index (χ3n) is 8.19. The number of aliphatic imine (C=N–C) groups is 1. The molecule has 2 atom stereocenters. The second-order valence-electron chi connectivity index (χ2n) is 11.8. The zero-order chi connectivity index (χ0) is 33.7. The molecule has 2 aliphatic rings. The number of amides is 1. The Morgan fingerprint density at radius 3 is 2.04 bits per heavy atom. The first kappa shape index (κ1) is 34.2. The van der Waals surface area contributed by atoms with Gasteiger partial charge >= 0.3 is 12.4 Å². The predicted octanol–water partition coefficient (Wildman–Crippen LogP) is 6.61. The van der Waals surface area contributed by atoms with Gasteiger partial charge in [-0.15, -0.1) is 0 Å². The van der Waals surface area contributed by atoms with E-state index in [9.17, 15) is 43.9 Å². The monoisotopic (exact) mass is 659 g/mol. The molecule has 0 saturated heterocycles. The molecule has 6 nitrogen and oxygen atoms in total. The fourth-order valence-corrected chi connectivity index (χ4v) is 6.26. The van der Waals surface area contributed by atoms with Crippen molar-refractivity contribution in [2.75, 3.05) is 26.4 Å². The van der Waals surface area contributed by atoms with Gasteiger partial charge in [-0.1, -0.05) is 12.1 Å². The Morgan fingerprint density at radius 1 is 0.978 bits per heavy atom. The van der Waals surface area contributed by atoms with Crippen LogP contribution in [0.3, 0.4) is 0 Å².